The van der Waals surface area contributed by atoms with Gasteiger partial charge in [-0.25, -0.2) is 4.98 Å². The molecular formula is C20H15F3N4OS. The van der Waals surface area contributed by atoms with Crippen molar-refractivity contribution in [3.8, 4) is 5.69 Å². The third kappa shape index (κ3) is 3.77. The maximum atomic E-state index is 13.2. The summed E-state index contributed by atoms with van der Waals surface area (Å²) < 4.78 is 40.7. The second kappa shape index (κ2) is 7.40. The van der Waals surface area contributed by atoms with Crippen LogP contribution in [0.4, 0.5) is 13.2 Å². The molecule has 5 nitrogen and oxygen atoms in total. The summed E-state index contributed by atoms with van der Waals surface area (Å²) in [6.07, 6.45) is -3.19. The molecule has 0 aliphatic carbocycles. The normalized spacial score (nSPS) is 11.9. The van der Waals surface area contributed by atoms with E-state index >= 15 is 0 Å². The third-order valence-corrected chi connectivity index (χ3v) is 5.49. The van der Waals surface area contributed by atoms with E-state index in [0.29, 0.717) is 11.4 Å². The lowest BCUT2D eigenvalue weighted by molar-refractivity contribution is -0.137. The first kappa shape index (κ1) is 19.3. The fourth-order valence-corrected chi connectivity index (χ4v) is 4.02. The molecule has 0 saturated heterocycles. The van der Waals surface area contributed by atoms with Gasteiger partial charge in [-0.05, 0) is 36.2 Å². The molecule has 148 valence electrons. The van der Waals surface area contributed by atoms with Crippen molar-refractivity contribution >= 4 is 22.8 Å². The van der Waals surface area contributed by atoms with E-state index in [1.807, 2.05) is 31.2 Å². The lowest BCUT2D eigenvalue weighted by Gasteiger charge is -2.14. The van der Waals surface area contributed by atoms with Gasteiger partial charge in [0, 0.05) is 5.75 Å². The molecule has 0 unspecified atom stereocenters. The van der Waals surface area contributed by atoms with Crippen LogP contribution in [0.5, 0.6) is 0 Å². The SMILES string of the molecule is Cc1ccccc1CSc1nc2[nH]ncc2c(=O)n1-c1cccc(C(F)(F)F)c1. The Morgan fingerprint density at radius 1 is 1.14 bits per heavy atom. The molecule has 0 aliphatic heterocycles. The quantitative estimate of drug-likeness (QED) is 0.386. The molecule has 4 aromatic rings. The van der Waals surface area contributed by atoms with Gasteiger partial charge in [0.05, 0.1) is 17.4 Å². The van der Waals surface area contributed by atoms with Crippen LogP contribution < -0.4 is 5.56 Å². The first-order valence-corrected chi connectivity index (χ1v) is 9.64. The zero-order valence-corrected chi connectivity index (χ0v) is 16.0. The summed E-state index contributed by atoms with van der Waals surface area (Å²) in [7, 11) is 0. The van der Waals surface area contributed by atoms with Gasteiger partial charge in [0.25, 0.3) is 5.56 Å². The molecule has 0 saturated carbocycles. The van der Waals surface area contributed by atoms with Crippen molar-refractivity contribution in [3.63, 3.8) is 0 Å². The molecule has 0 spiro atoms. The maximum Gasteiger partial charge on any atom is 0.416 e. The number of rotatable bonds is 4. The van der Waals surface area contributed by atoms with Gasteiger partial charge in [-0.2, -0.15) is 18.3 Å². The van der Waals surface area contributed by atoms with Gasteiger partial charge in [0.1, 0.15) is 5.39 Å². The second-order valence-electron chi connectivity index (χ2n) is 6.43. The number of nitrogens with zero attached hydrogens (tertiary/aromatic N) is 3. The van der Waals surface area contributed by atoms with Gasteiger partial charge in [-0.1, -0.05) is 42.1 Å². The van der Waals surface area contributed by atoms with Crippen molar-refractivity contribution in [2.45, 2.75) is 24.0 Å². The fraction of sp³-hybridized carbons (Fsp3) is 0.150. The predicted octanol–water partition coefficient (Wildman–Crippen LogP) is 4.73. The Balaban J connectivity index is 1.84. The number of hydrogen-bond acceptors (Lipinski definition) is 4. The molecule has 1 N–H and O–H groups in total. The van der Waals surface area contributed by atoms with Gasteiger partial charge in [-0.15, -0.1) is 0 Å². The van der Waals surface area contributed by atoms with E-state index in [0.717, 1.165) is 23.3 Å². The molecule has 0 radical (unpaired) electrons. The zero-order valence-electron chi connectivity index (χ0n) is 15.2. The van der Waals surface area contributed by atoms with E-state index in [1.165, 1.54) is 34.7 Å². The van der Waals surface area contributed by atoms with Crippen molar-refractivity contribution in [3.05, 3.63) is 81.8 Å². The molecule has 0 aliphatic rings. The molecular weight excluding hydrogens is 401 g/mol. The predicted molar refractivity (Wildman–Crippen MR) is 105 cm³/mol. The van der Waals surface area contributed by atoms with Crippen LogP contribution in [0.25, 0.3) is 16.7 Å². The molecule has 4 rings (SSSR count). The molecule has 2 heterocycles. The summed E-state index contributed by atoms with van der Waals surface area (Å²) in [5.41, 5.74) is 1.22. The number of aromatic amines is 1. The molecule has 0 amide bonds. The van der Waals surface area contributed by atoms with Crippen LogP contribution in [-0.4, -0.2) is 19.7 Å². The topological polar surface area (TPSA) is 63.6 Å². The highest BCUT2D eigenvalue weighted by atomic mass is 32.2. The Kier molecular flexibility index (Phi) is 4.91. The summed E-state index contributed by atoms with van der Waals surface area (Å²) in [6.45, 7) is 1.97. The molecule has 0 bridgehead atoms. The smallest absolute Gasteiger partial charge is 0.268 e. The minimum atomic E-state index is -4.51. The largest absolute Gasteiger partial charge is 0.416 e. The highest BCUT2D eigenvalue weighted by Crippen LogP contribution is 2.31. The number of hydrogen-bond donors (Lipinski definition) is 1. The van der Waals surface area contributed by atoms with Crippen LogP contribution >= 0.6 is 11.8 Å². The molecule has 0 atom stereocenters. The Morgan fingerprint density at radius 2 is 1.93 bits per heavy atom. The lowest BCUT2D eigenvalue weighted by Crippen LogP contribution is -2.22. The van der Waals surface area contributed by atoms with Gasteiger partial charge in [0.15, 0.2) is 10.8 Å². The number of benzene rings is 2. The minimum absolute atomic E-state index is 0.104. The van der Waals surface area contributed by atoms with E-state index in [1.54, 1.807) is 0 Å². The second-order valence-corrected chi connectivity index (χ2v) is 7.37. The van der Waals surface area contributed by atoms with Gasteiger partial charge < -0.3 is 0 Å². The number of thioether (sulfide) groups is 1. The van der Waals surface area contributed by atoms with Crippen LogP contribution in [0.2, 0.25) is 0 Å². The number of alkyl halides is 3. The van der Waals surface area contributed by atoms with E-state index in [9.17, 15) is 18.0 Å². The average Bonchev–Trinajstić information content (AvgIpc) is 3.16. The van der Waals surface area contributed by atoms with Crippen molar-refractivity contribution in [1.29, 1.82) is 0 Å². The van der Waals surface area contributed by atoms with Crippen LogP contribution in [0, 0.1) is 6.92 Å². The number of aromatic nitrogens is 4. The molecule has 2 aromatic heterocycles. The minimum Gasteiger partial charge on any atom is -0.268 e. The van der Waals surface area contributed by atoms with E-state index < -0.39 is 17.3 Å². The van der Waals surface area contributed by atoms with Gasteiger partial charge >= 0.3 is 6.18 Å². The Bertz CT molecular complexity index is 1250. The number of nitrogens with one attached hydrogen (secondary N) is 1. The molecule has 9 heteroatoms. The highest BCUT2D eigenvalue weighted by molar-refractivity contribution is 7.98. The van der Waals surface area contributed by atoms with E-state index in [-0.39, 0.29) is 16.2 Å². The number of H-pyrrole nitrogens is 1. The maximum absolute atomic E-state index is 13.2. The van der Waals surface area contributed by atoms with Crippen LogP contribution in [0.15, 0.2) is 64.7 Å². The van der Waals surface area contributed by atoms with Crippen molar-refractivity contribution in [1.82, 2.24) is 19.7 Å². The molecule has 29 heavy (non-hydrogen) atoms. The zero-order chi connectivity index (χ0) is 20.6. The summed E-state index contributed by atoms with van der Waals surface area (Å²) >= 11 is 1.28. The molecule has 0 fully saturated rings. The first-order chi connectivity index (χ1) is 13.8. The van der Waals surface area contributed by atoms with Crippen molar-refractivity contribution in [2.75, 3.05) is 0 Å². The highest BCUT2D eigenvalue weighted by Gasteiger charge is 2.31. The Labute approximate surface area is 167 Å². The number of aryl methyl sites for hydroxylation is 1. The first-order valence-electron chi connectivity index (χ1n) is 8.65. The average molecular weight is 416 g/mol. The van der Waals surface area contributed by atoms with E-state index in [4.69, 9.17) is 0 Å². The Hall–Kier alpha value is -3.07. The van der Waals surface area contributed by atoms with Crippen LogP contribution in [0.3, 0.4) is 0 Å². The standard InChI is InChI=1S/C20H15F3N4OS/c1-12-5-2-3-6-13(12)11-29-19-25-17-16(10-24-26-17)18(28)27(19)15-8-4-7-14(9-15)20(21,22)23/h2-10H,11H2,1H3,(H,24,26). The molecule has 2 aromatic carbocycles. The summed E-state index contributed by atoms with van der Waals surface area (Å²) in [4.78, 5) is 17.5. The summed E-state index contributed by atoms with van der Waals surface area (Å²) in [5, 5.41) is 6.99. The summed E-state index contributed by atoms with van der Waals surface area (Å²) in [5.74, 6) is 0.512. The number of fused-ring (bicyclic) bond motifs is 1. The third-order valence-electron chi connectivity index (χ3n) is 4.50. The van der Waals surface area contributed by atoms with Gasteiger partial charge in [-0.3, -0.25) is 14.5 Å². The van der Waals surface area contributed by atoms with Crippen LogP contribution in [-0.2, 0) is 11.9 Å². The van der Waals surface area contributed by atoms with E-state index in [2.05, 4.69) is 15.2 Å². The fourth-order valence-electron chi connectivity index (χ4n) is 2.93. The number of halogens is 3. The van der Waals surface area contributed by atoms with Crippen molar-refractivity contribution < 1.29 is 13.2 Å². The van der Waals surface area contributed by atoms with Crippen molar-refractivity contribution in [2.24, 2.45) is 0 Å². The monoisotopic (exact) mass is 416 g/mol. The van der Waals surface area contributed by atoms with Gasteiger partial charge in [0.2, 0.25) is 0 Å². The lowest BCUT2D eigenvalue weighted by atomic mass is 10.1. The van der Waals surface area contributed by atoms with Crippen LogP contribution in [0.1, 0.15) is 16.7 Å². The Morgan fingerprint density at radius 3 is 2.69 bits per heavy atom. The summed E-state index contributed by atoms with van der Waals surface area (Å²) in [6, 6.07) is 12.4.